The SMILES string of the molecule is CCOc1ccc(N2C(=O)/C(=C/c3cc(Cl)c(OCC(=O)[O-])c(Cl)c3)C(=O)NC2=S)cc1. The van der Waals surface area contributed by atoms with Gasteiger partial charge in [0.25, 0.3) is 11.8 Å². The Labute approximate surface area is 198 Å². The van der Waals surface area contributed by atoms with Gasteiger partial charge in [0.2, 0.25) is 0 Å². The molecular weight excluding hydrogens is 479 g/mol. The van der Waals surface area contributed by atoms with Crippen LogP contribution in [-0.4, -0.2) is 36.1 Å². The van der Waals surface area contributed by atoms with E-state index in [2.05, 4.69) is 5.32 Å². The van der Waals surface area contributed by atoms with E-state index in [-0.39, 0.29) is 26.5 Å². The Bertz CT molecular complexity index is 1110. The lowest BCUT2D eigenvalue weighted by atomic mass is 10.1. The van der Waals surface area contributed by atoms with Crippen molar-refractivity contribution in [2.45, 2.75) is 6.92 Å². The molecule has 11 heteroatoms. The Morgan fingerprint density at radius 2 is 1.78 bits per heavy atom. The van der Waals surface area contributed by atoms with E-state index in [0.29, 0.717) is 23.6 Å². The van der Waals surface area contributed by atoms with Crippen LogP contribution < -0.4 is 24.8 Å². The minimum absolute atomic E-state index is 0.00634. The molecule has 1 heterocycles. The second-order valence-electron chi connectivity index (χ2n) is 6.36. The second kappa shape index (κ2) is 9.99. The number of ether oxygens (including phenoxy) is 2. The first-order chi connectivity index (χ1) is 15.2. The van der Waals surface area contributed by atoms with Crippen LogP contribution in [0, 0.1) is 0 Å². The maximum Gasteiger partial charge on any atom is 0.270 e. The number of nitrogens with one attached hydrogen (secondary N) is 1. The minimum atomic E-state index is -1.45. The van der Waals surface area contributed by atoms with Gasteiger partial charge in [-0.3, -0.25) is 19.8 Å². The number of thiocarbonyl (C=S) groups is 1. The van der Waals surface area contributed by atoms with Crippen molar-refractivity contribution in [1.82, 2.24) is 5.32 Å². The summed E-state index contributed by atoms with van der Waals surface area (Å²) in [4.78, 5) is 37.3. The summed E-state index contributed by atoms with van der Waals surface area (Å²) in [5.41, 5.74) is 0.554. The fourth-order valence-corrected chi connectivity index (χ4v) is 3.74. The van der Waals surface area contributed by atoms with Crippen LogP contribution in [0.1, 0.15) is 12.5 Å². The Morgan fingerprint density at radius 1 is 1.16 bits per heavy atom. The molecule has 0 aliphatic carbocycles. The van der Waals surface area contributed by atoms with E-state index in [4.69, 9.17) is 44.9 Å². The molecule has 1 saturated heterocycles. The van der Waals surface area contributed by atoms with Gasteiger partial charge in [0.1, 0.15) is 17.9 Å². The normalized spacial score (nSPS) is 15.0. The summed E-state index contributed by atoms with van der Waals surface area (Å²) in [6, 6.07) is 9.39. The number of carboxylic acids is 1. The molecule has 32 heavy (non-hydrogen) atoms. The van der Waals surface area contributed by atoms with E-state index in [1.807, 2.05) is 6.92 Å². The van der Waals surface area contributed by atoms with Crippen LogP contribution in [0.3, 0.4) is 0 Å². The third-order valence-corrected chi connectivity index (χ3v) is 5.02. The van der Waals surface area contributed by atoms with Gasteiger partial charge in [-0.2, -0.15) is 0 Å². The highest BCUT2D eigenvalue weighted by Gasteiger charge is 2.34. The zero-order valence-electron chi connectivity index (χ0n) is 16.5. The highest BCUT2D eigenvalue weighted by atomic mass is 35.5. The van der Waals surface area contributed by atoms with Crippen LogP contribution >= 0.6 is 35.4 Å². The summed E-state index contributed by atoms with van der Waals surface area (Å²) < 4.78 is 10.4. The van der Waals surface area contributed by atoms with E-state index in [1.165, 1.54) is 23.1 Å². The third kappa shape index (κ3) is 5.18. The van der Waals surface area contributed by atoms with Crippen molar-refractivity contribution in [3.8, 4) is 11.5 Å². The predicted molar refractivity (Wildman–Crippen MR) is 121 cm³/mol. The summed E-state index contributed by atoms with van der Waals surface area (Å²) in [6.45, 7) is 1.60. The van der Waals surface area contributed by atoms with E-state index >= 15 is 0 Å². The molecule has 0 saturated carbocycles. The maximum absolute atomic E-state index is 13.1. The Hall–Kier alpha value is -3.14. The molecule has 0 unspecified atom stereocenters. The first-order valence-electron chi connectivity index (χ1n) is 9.17. The van der Waals surface area contributed by atoms with E-state index in [0.717, 1.165) is 0 Å². The largest absolute Gasteiger partial charge is 0.546 e. The zero-order chi connectivity index (χ0) is 23.4. The van der Waals surface area contributed by atoms with Gasteiger partial charge in [0.15, 0.2) is 10.9 Å². The molecule has 1 aliphatic rings. The molecule has 2 amide bonds. The van der Waals surface area contributed by atoms with Gasteiger partial charge in [-0.25, -0.2) is 0 Å². The average Bonchev–Trinajstić information content (AvgIpc) is 2.71. The van der Waals surface area contributed by atoms with Crippen LogP contribution in [0.15, 0.2) is 42.0 Å². The molecule has 2 aromatic carbocycles. The first-order valence-corrected chi connectivity index (χ1v) is 10.3. The monoisotopic (exact) mass is 493 g/mol. The van der Waals surface area contributed by atoms with Crippen LogP contribution in [0.5, 0.6) is 11.5 Å². The molecule has 0 radical (unpaired) electrons. The molecule has 3 rings (SSSR count). The number of benzene rings is 2. The number of rotatable bonds is 7. The number of carbonyl (C=O) groups excluding carboxylic acids is 3. The zero-order valence-corrected chi connectivity index (χ0v) is 18.8. The van der Waals surface area contributed by atoms with Crippen LogP contribution in [0.4, 0.5) is 5.69 Å². The molecule has 1 N–H and O–H groups in total. The van der Waals surface area contributed by atoms with Gasteiger partial charge in [0, 0.05) is 0 Å². The number of hydrogen-bond donors (Lipinski definition) is 1. The Balaban J connectivity index is 1.93. The number of amides is 2. The fraction of sp³-hybridized carbons (Fsp3) is 0.143. The highest BCUT2D eigenvalue weighted by molar-refractivity contribution is 7.80. The summed E-state index contributed by atoms with van der Waals surface area (Å²) >= 11 is 17.4. The number of aliphatic carboxylic acids is 1. The molecule has 0 aromatic heterocycles. The van der Waals surface area contributed by atoms with Gasteiger partial charge in [-0.1, -0.05) is 23.2 Å². The van der Waals surface area contributed by atoms with Gasteiger partial charge in [-0.15, -0.1) is 0 Å². The molecular formula is C21H15Cl2N2O6S-. The number of anilines is 1. The lowest BCUT2D eigenvalue weighted by molar-refractivity contribution is -0.307. The Morgan fingerprint density at radius 3 is 2.34 bits per heavy atom. The molecule has 2 aromatic rings. The summed E-state index contributed by atoms with van der Waals surface area (Å²) in [5.74, 6) is -2.22. The molecule has 0 spiro atoms. The van der Waals surface area contributed by atoms with Crippen molar-refractivity contribution in [3.63, 3.8) is 0 Å². The van der Waals surface area contributed by atoms with Crippen LogP contribution in [0.2, 0.25) is 10.0 Å². The quantitative estimate of drug-likeness (QED) is 0.358. The first kappa shape index (κ1) is 23.5. The highest BCUT2D eigenvalue weighted by Crippen LogP contribution is 2.35. The fourth-order valence-electron chi connectivity index (χ4n) is 2.85. The Kier molecular flexibility index (Phi) is 7.34. The average molecular weight is 494 g/mol. The van der Waals surface area contributed by atoms with Crippen molar-refractivity contribution in [1.29, 1.82) is 0 Å². The van der Waals surface area contributed by atoms with Crippen LogP contribution in [-0.2, 0) is 14.4 Å². The maximum atomic E-state index is 13.1. The molecule has 1 aliphatic heterocycles. The van der Waals surface area contributed by atoms with Crippen molar-refractivity contribution in [3.05, 3.63) is 57.6 Å². The number of halogens is 2. The molecule has 0 atom stereocenters. The van der Waals surface area contributed by atoms with Gasteiger partial charge < -0.3 is 19.4 Å². The molecule has 0 bridgehead atoms. The number of hydrogen-bond acceptors (Lipinski definition) is 7. The predicted octanol–water partition coefficient (Wildman–Crippen LogP) is 2.35. The van der Waals surface area contributed by atoms with Crippen molar-refractivity contribution in [2.24, 2.45) is 0 Å². The summed E-state index contributed by atoms with van der Waals surface area (Å²) in [6.07, 6.45) is 1.29. The minimum Gasteiger partial charge on any atom is -0.546 e. The smallest absolute Gasteiger partial charge is 0.270 e. The lowest BCUT2D eigenvalue weighted by Gasteiger charge is -2.29. The summed E-state index contributed by atoms with van der Waals surface area (Å²) in [5, 5.41) is 13.0. The van der Waals surface area contributed by atoms with Crippen molar-refractivity contribution >= 4 is 70.1 Å². The van der Waals surface area contributed by atoms with Crippen molar-refractivity contribution < 1.29 is 29.0 Å². The summed E-state index contributed by atoms with van der Waals surface area (Å²) in [7, 11) is 0. The van der Waals surface area contributed by atoms with Gasteiger partial charge in [-0.05, 0) is 67.2 Å². The molecule has 8 nitrogen and oxygen atoms in total. The van der Waals surface area contributed by atoms with Gasteiger partial charge >= 0.3 is 0 Å². The van der Waals surface area contributed by atoms with E-state index in [9.17, 15) is 19.5 Å². The van der Waals surface area contributed by atoms with E-state index in [1.54, 1.807) is 24.3 Å². The van der Waals surface area contributed by atoms with Crippen molar-refractivity contribution in [2.75, 3.05) is 18.1 Å². The van der Waals surface area contributed by atoms with E-state index < -0.39 is 24.4 Å². The number of carbonyl (C=O) groups is 3. The van der Waals surface area contributed by atoms with Crippen LogP contribution in [0.25, 0.3) is 6.08 Å². The second-order valence-corrected chi connectivity index (χ2v) is 7.56. The molecule has 1 fully saturated rings. The number of carboxylic acid groups (broad SMARTS) is 1. The topological polar surface area (TPSA) is 108 Å². The number of nitrogens with zero attached hydrogens (tertiary/aromatic N) is 1. The van der Waals surface area contributed by atoms with Gasteiger partial charge in [0.05, 0.1) is 28.3 Å². The molecule has 166 valence electrons. The lowest BCUT2D eigenvalue weighted by Crippen LogP contribution is -2.54. The third-order valence-electron chi connectivity index (χ3n) is 4.17. The standard InChI is InChI=1S/C21H16Cl2N2O6S/c1-2-30-13-5-3-12(4-6-13)25-20(29)14(19(28)24-21(25)32)7-11-8-15(22)18(16(23)9-11)31-10-17(26)27/h3-9H,2,10H2,1H3,(H,26,27)(H,24,28,32)/p-1/b14-7+.